The van der Waals surface area contributed by atoms with Crippen LogP contribution in [0.25, 0.3) is 26.4 Å². The van der Waals surface area contributed by atoms with Crippen molar-refractivity contribution in [3.8, 4) is 22.4 Å². The highest BCUT2D eigenvalue weighted by atomic mass is 35.5. The van der Waals surface area contributed by atoms with Gasteiger partial charge < -0.3 is 13.9 Å². The average molecular weight is 472 g/mol. The van der Waals surface area contributed by atoms with Crippen molar-refractivity contribution >= 4 is 44.3 Å². The molecule has 0 N–H and O–H groups in total. The highest BCUT2D eigenvalue weighted by Crippen LogP contribution is 2.33. The van der Waals surface area contributed by atoms with Gasteiger partial charge in [0.1, 0.15) is 17.3 Å². The quantitative estimate of drug-likeness (QED) is 0.379. The Morgan fingerprint density at radius 1 is 1.12 bits per heavy atom. The minimum absolute atomic E-state index is 0.0331. The van der Waals surface area contributed by atoms with Crippen molar-refractivity contribution in [3.05, 3.63) is 80.4 Å². The molecule has 0 saturated heterocycles. The van der Waals surface area contributed by atoms with Crippen LogP contribution in [-0.2, 0) is 0 Å². The third-order valence-electron chi connectivity index (χ3n) is 4.53. The maximum Gasteiger partial charge on any atom is 0.429 e. The molecule has 32 heavy (non-hydrogen) atoms. The van der Waals surface area contributed by atoms with E-state index in [1.807, 2.05) is 0 Å². The minimum atomic E-state index is -0.914. The lowest BCUT2D eigenvalue weighted by Crippen LogP contribution is -2.31. The lowest BCUT2D eigenvalue weighted by molar-refractivity contribution is 0.401. The molecule has 0 amide bonds. The first-order chi connectivity index (χ1) is 15.4. The fourth-order valence-corrected chi connectivity index (χ4v) is 4.25. The van der Waals surface area contributed by atoms with Crippen LogP contribution in [-0.4, -0.2) is 21.6 Å². The summed E-state index contributed by atoms with van der Waals surface area (Å²) in [5, 5.41) is 0.237. The Morgan fingerprint density at radius 3 is 2.75 bits per heavy atom. The van der Waals surface area contributed by atoms with Crippen LogP contribution in [0.2, 0.25) is 5.02 Å². The van der Waals surface area contributed by atoms with E-state index in [2.05, 4.69) is 9.97 Å². The van der Waals surface area contributed by atoms with Gasteiger partial charge in [0, 0.05) is 18.3 Å². The Balaban J connectivity index is 1.59. The standard InChI is InChI=1S/C21H11ClFN3O5S/c1-29-15-6-7-24-17-18(15)31-21(28)26(19(17)27)20-25-13-4-3-11(9-16(13)32-20)30-14-5-2-10(23)8-12(14)22/h2-9H,1H3. The van der Waals surface area contributed by atoms with Crippen LogP contribution < -0.4 is 20.8 Å². The van der Waals surface area contributed by atoms with Gasteiger partial charge in [0.05, 0.1) is 22.3 Å². The van der Waals surface area contributed by atoms with Crippen LogP contribution in [0.3, 0.4) is 0 Å². The second kappa shape index (κ2) is 7.74. The SMILES string of the molecule is COc1ccnc2c(=O)n(-c3nc4ccc(Oc5ccc(F)cc5Cl)cc4s3)c(=O)oc12. The average Bonchev–Trinajstić information content (AvgIpc) is 3.18. The summed E-state index contributed by atoms with van der Waals surface area (Å²) < 4.78 is 30.8. The van der Waals surface area contributed by atoms with Gasteiger partial charge in [-0.1, -0.05) is 22.9 Å². The minimum Gasteiger partial charge on any atom is -0.493 e. The molecule has 11 heteroatoms. The number of pyridine rings is 1. The molecule has 0 bridgehead atoms. The van der Waals surface area contributed by atoms with E-state index in [-0.39, 0.29) is 32.8 Å². The molecule has 2 aromatic carbocycles. The molecule has 0 unspecified atom stereocenters. The van der Waals surface area contributed by atoms with Gasteiger partial charge in [-0.3, -0.25) is 4.79 Å². The summed E-state index contributed by atoms with van der Waals surface area (Å²) in [7, 11) is 1.40. The second-order valence-electron chi connectivity index (χ2n) is 6.50. The zero-order valence-corrected chi connectivity index (χ0v) is 17.7. The van der Waals surface area contributed by atoms with Crippen molar-refractivity contribution in [3.63, 3.8) is 0 Å². The van der Waals surface area contributed by atoms with Crippen LogP contribution in [0.15, 0.2) is 62.7 Å². The molecule has 0 aliphatic rings. The van der Waals surface area contributed by atoms with Crippen molar-refractivity contribution < 1.29 is 18.3 Å². The third kappa shape index (κ3) is 3.39. The maximum absolute atomic E-state index is 13.2. The third-order valence-corrected chi connectivity index (χ3v) is 5.83. The van der Waals surface area contributed by atoms with Gasteiger partial charge in [-0.25, -0.2) is 19.2 Å². The number of fused-ring (bicyclic) bond motifs is 2. The second-order valence-corrected chi connectivity index (χ2v) is 7.92. The van der Waals surface area contributed by atoms with Crippen molar-refractivity contribution in [1.29, 1.82) is 0 Å². The van der Waals surface area contributed by atoms with Crippen molar-refractivity contribution in [2.45, 2.75) is 0 Å². The Labute approximate surface area is 187 Å². The summed E-state index contributed by atoms with van der Waals surface area (Å²) in [5.41, 5.74) is -0.233. The fraction of sp³-hybridized carbons (Fsp3) is 0.0476. The predicted molar refractivity (Wildman–Crippen MR) is 117 cm³/mol. The van der Waals surface area contributed by atoms with E-state index in [9.17, 15) is 14.0 Å². The molecular weight excluding hydrogens is 461 g/mol. The van der Waals surface area contributed by atoms with E-state index in [1.54, 1.807) is 18.2 Å². The fourth-order valence-electron chi connectivity index (χ4n) is 3.07. The normalized spacial score (nSPS) is 11.2. The van der Waals surface area contributed by atoms with E-state index >= 15 is 0 Å². The van der Waals surface area contributed by atoms with E-state index in [0.29, 0.717) is 16.0 Å². The van der Waals surface area contributed by atoms with Gasteiger partial charge in [-0.05, 0) is 30.3 Å². The van der Waals surface area contributed by atoms with Crippen LogP contribution in [0.1, 0.15) is 0 Å². The topological polar surface area (TPSA) is 96.5 Å². The van der Waals surface area contributed by atoms with Crippen molar-refractivity contribution in [2.75, 3.05) is 7.11 Å². The summed E-state index contributed by atoms with van der Waals surface area (Å²) in [6.45, 7) is 0. The predicted octanol–water partition coefficient (Wildman–Crippen LogP) is 4.54. The molecule has 3 heterocycles. The molecule has 0 aliphatic carbocycles. The highest BCUT2D eigenvalue weighted by Gasteiger charge is 2.19. The van der Waals surface area contributed by atoms with E-state index in [1.165, 1.54) is 31.5 Å². The number of hydrogen-bond donors (Lipinski definition) is 0. The van der Waals surface area contributed by atoms with E-state index < -0.39 is 17.1 Å². The number of benzene rings is 2. The molecule has 5 rings (SSSR count). The number of methoxy groups -OCH3 is 1. The van der Waals surface area contributed by atoms with E-state index in [0.717, 1.165) is 22.0 Å². The molecule has 160 valence electrons. The molecule has 0 aliphatic heterocycles. The van der Waals surface area contributed by atoms with Crippen molar-refractivity contribution in [2.24, 2.45) is 0 Å². The summed E-state index contributed by atoms with van der Waals surface area (Å²) >= 11 is 7.10. The molecule has 0 saturated carbocycles. The van der Waals surface area contributed by atoms with Crippen molar-refractivity contribution in [1.82, 2.24) is 14.5 Å². The highest BCUT2D eigenvalue weighted by molar-refractivity contribution is 7.20. The Hall–Kier alpha value is -3.76. The Kier molecular flexibility index (Phi) is 4.87. The van der Waals surface area contributed by atoms with Crippen LogP contribution in [0.4, 0.5) is 4.39 Å². The van der Waals surface area contributed by atoms with Gasteiger partial charge in [0.2, 0.25) is 10.7 Å². The van der Waals surface area contributed by atoms with Gasteiger partial charge in [-0.2, -0.15) is 4.57 Å². The number of thiazole rings is 1. The number of nitrogens with zero attached hydrogens (tertiary/aromatic N) is 3. The molecule has 3 aromatic heterocycles. The first kappa shape index (κ1) is 20.2. The zero-order chi connectivity index (χ0) is 22.4. The monoisotopic (exact) mass is 471 g/mol. The van der Waals surface area contributed by atoms with Gasteiger partial charge in [0.25, 0.3) is 5.56 Å². The number of halogens is 2. The number of ether oxygens (including phenoxy) is 2. The smallest absolute Gasteiger partial charge is 0.429 e. The molecule has 0 fully saturated rings. The number of aromatic nitrogens is 3. The number of rotatable bonds is 4. The Bertz CT molecular complexity index is 1630. The van der Waals surface area contributed by atoms with Gasteiger partial charge in [0.15, 0.2) is 11.3 Å². The Morgan fingerprint density at radius 2 is 1.97 bits per heavy atom. The van der Waals surface area contributed by atoms with Gasteiger partial charge >= 0.3 is 5.76 Å². The molecular formula is C21H11ClFN3O5S. The molecule has 0 atom stereocenters. The van der Waals surface area contributed by atoms with E-state index in [4.69, 9.17) is 25.5 Å². The van der Waals surface area contributed by atoms with Crippen LogP contribution in [0.5, 0.6) is 17.2 Å². The summed E-state index contributed by atoms with van der Waals surface area (Å²) in [6, 6.07) is 10.3. The molecule has 8 nitrogen and oxygen atoms in total. The molecule has 5 aromatic rings. The lowest BCUT2D eigenvalue weighted by Gasteiger charge is -2.07. The maximum atomic E-state index is 13.2. The summed E-state index contributed by atoms with van der Waals surface area (Å²) in [4.78, 5) is 33.9. The van der Waals surface area contributed by atoms with Crippen LogP contribution in [0, 0.1) is 5.82 Å². The zero-order valence-electron chi connectivity index (χ0n) is 16.2. The number of hydrogen-bond acceptors (Lipinski definition) is 8. The largest absolute Gasteiger partial charge is 0.493 e. The first-order valence-corrected chi connectivity index (χ1v) is 10.3. The summed E-state index contributed by atoms with van der Waals surface area (Å²) in [6.07, 6.45) is 1.38. The van der Waals surface area contributed by atoms with Gasteiger partial charge in [-0.15, -0.1) is 0 Å². The first-order valence-electron chi connectivity index (χ1n) is 9.07. The summed E-state index contributed by atoms with van der Waals surface area (Å²) in [5.74, 6) is -0.463. The molecule has 0 spiro atoms. The lowest BCUT2D eigenvalue weighted by atomic mass is 10.3. The molecule has 0 radical (unpaired) electrons. The van der Waals surface area contributed by atoms with Crippen LogP contribution >= 0.6 is 22.9 Å².